The van der Waals surface area contributed by atoms with Gasteiger partial charge in [0.2, 0.25) is 0 Å². The van der Waals surface area contributed by atoms with Crippen molar-refractivity contribution in [3.8, 4) is 5.75 Å². The number of carbonyl (C=O) groups excluding carboxylic acids is 3. The van der Waals surface area contributed by atoms with Crippen LogP contribution in [0.1, 0.15) is 17.3 Å². The molecule has 8 heteroatoms. The molecule has 0 aromatic heterocycles. The normalized spacial score (nSPS) is 10.1. The third-order valence-corrected chi connectivity index (χ3v) is 3.19. The van der Waals surface area contributed by atoms with E-state index < -0.39 is 36.7 Å². The van der Waals surface area contributed by atoms with Crippen LogP contribution in [0.3, 0.4) is 0 Å². The van der Waals surface area contributed by atoms with Crippen molar-refractivity contribution in [2.45, 2.75) is 6.92 Å². The molecule has 0 heterocycles. The molecule has 0 radical (unpaired) electrons. The summed E-state index contributed by atoms with van der Waals surface area (Å²) in [5.41, 5.74) is 0.542. The zero-order valence-corrected chi connectivity index (χ0v) is 13.8. The van der Waals surface area contributed by atoms with Crippen molar-refractivity contribution in [3.63, 3.8) is 0 Å². The molecule has 0 fully saturated rings. The molecule has 0 aliphatic rings. The van der Waals surface area contributed by atoms with Gasteiger partial charge < -0.3 is 14.8 Å². The molecule has 2 rings (SSSR count). The third kappa shape index (κ3) is 5.66. The lowest BCUT2D eigenvalue weighted by Crippen LogP contribution is -2.23. The smallest absolute Gasteiger partial charge is 0.344 e. The summed E-state index contributed by atoms with van der Waals surface area (Å²) < 4.78 is 35.7. The van der Waals surface area contributed by atoms with E-state index in [0.29, 0.717) is 11.3 Å². The first-order valence-electron chi connectivity index (χ1n) is 7.49. The standard InChI is InChI=1S/C18H15F2NO5/c1-11(22)12-2-5-14(6-3-12)25-10-18(24)26-9-17(23)21-13-4-7-15(19)16(20)8-13/h2-8H,9-10H2,1H3,(H,21,23). The maximum Gasteiger partial charge on any atom is 0.344 e. The van der Waals surface area contributed by atoms with Crippen molar-refractivity contribution in [1.82, 2.24) is 0 Å². The second-order valence-electron chi connectivity index (χ2n) is 5.21. The van der Waals surface area contributed by atoms with Gasteiger partial charge in [-0.3, -0.25) is 9.59 Å². The minimum atomic E-state index is -1.11. The second-order valence-corrected chi connectivity index (χ2v) is 5.21. The number of amides is 1. The molecule has 2 aromatic rings. The van der Waals surface area contributed by atoms with Gasteiger partial charge in [-0.2, -0.15) is 0 Å². The van der Waals surface area contributed by atoms with Crippen molar-refractivity contribution in [3.05, 3.63) is 59.7 Å². The molecule has 0 bridgehead atoms. The summed E-state index contributed by atoms with van der Waals surface area (Å²) in [5.74, 6) is -3.38. The van der Waals surface area contributed by atoms with Gasteiger partial charge in [-0.1, -0.05) is 0 Å². The Morgan fingerprint density at radius 2 is 1.65 bits per heavy atom. The largest absolute Gasteiger partial charge is 0.482 e. The molecule has 0 aliphatic carbocycles. The summed E-state index contributed by atoms with van der Waals surface area (Å²) >= 11 is 0. The molecule has 1 amide bonds. The predicted molar refractivity (Wildman–Crippen MR) is 87.9 cm³/mol. The van der Waals surface area contributed by atoms with Crippen LogP contribution in [0, 0.1) is 11.6 Å². The van der Waals surface area contributed by atoms with Crippen LogP contribution in [0.2, 0.25) is 0 Å². The van der Waals surface area contributed by atoms with Crippen LogP contribution in [0.5, 0.6) is 5.75 Å². The first kappa shape index (κ1) is 19.0. The molecular weight excluding hydrogens is 348 g/mol. The van der Waals surface area contributed by atoms with Crippen molar-refractivity contribution in [2.75, 3.05) is 18.5 Å². The molecule has 0 saturated heterocycles. The number of esters is 1. The molecule has 2 aromatic carbocycles. The van der Waals surface area contributed by atoms with Gasteiger partial charge in [0.1, 0.15) is 5.75 Å². The topological polar surface area (TPSA) is 81.7 Å². The molecule has 1 N–H and O–H groups in total. The van der Waals surface area contributed by atoms with Gasteiger partial charge in [-0.05, 0) is 43.3 Å². The van der Waals surface area contributed by atoms with Gasteiger partial charge in [-0.25, -0.2) is 13.6 Å². The Labute approximate surface area is 147 Å². The third-order valence-electron chi connectivity index (χ3n) is 3.19. The molecular formula is C18H15F2NO5. The first-order valence-corrected chi connectivity index (χ1v) is 7.49. The van der Waals surface area contributed by atoms with E-state index in [0.717, 1.165) is 12.1 Å². The average molecular weight is 363 g/mol. The van der Waals surface area contributed by atoms with Crippen LogP contribution >= 0.6 is 0 Å². The Balaban J connectivity index is 1.74. The lowest BCUT2D eigenvalue weighted by Gasteiger charge is -2.08. The Morgan fingerprint density at radius 1 is 0.962 bits per heavy atom. The van der Waals surface area contributed by atoms with Crippen LogP contribution < -0.4 is 10.1 Å². The summed E-state index contributed by atoms with van der Waals surface area (Å²) in [5, 5.41) is 2.26. The van der Waals surface area contributed by atoms with E-state index in [1.165, 1.54) is 25.1 Å². The van der Waals surface area contributed by atoms with E-state index in [1.54, 1.807) is 12.1 Å². The van der Waals surface area contributed by atoms with E-state index in [9.17, 15) is 23.2 Å². The van der Waals surface area contributed by atoms with Crippen LogP contribution in [0.15, 0.2) is 42.5 Å². The number of hydrogen-bond acceptors (Lipinski definition) is 5. The van der Waals surface area contributed by atoms with Gasteiger partial charge in [0, 0.05) is 17.3 Å². The Hall–Kier alpha value is -3.29. The molecule has 0 spiro atoms. The van der Waals surface area contributed by atoms with Gasteiger partial charge >= 0.3 is 5.97 Å². The number of ether oxygens (including phenoxy) is 2. The van der Waals surface area contributed by atoms with Crippen molar-refractivity contribution < 1.29 is 32.6 Å². The molecule has 0 atom stereocenters. The molecule has 6 nitrogen and oxygen atoms in total. The highest BCUT2D eigenvalue weighted by molar-refractivity contribution is 5.94. The molecule has 0 saturated carbocycles. The number of carbonyl (C=O) groups is 3. The first-order chi connectivity index (χ1) is 12.3. The number of nitrogens with one attached hydrogen (secondary N) is 1. The number of halogens is 2. The lowest BCUT2D eigenvalue weighted by atomic mass is 10.1. The molecule has 136 valence electrons. The van der Waals surface area contributed by atoms with Gasteiger partial charge in [0.25, 0.3) is 5.91 Å². The summed E-state index contributed by atoms with van der Waals surface area (Å²) in [4.78, 5) is 34.3. The number of rotatable bonds is 7. The summed E-state index contributed by atoms with van der Waals surface area (Å²) in [6, 6.07) is 9.01. The molecule has 26 heavy (non-hydrogen) atoms. The number of benzene rings is 2. The van der Waals surface area contributed by atoms with Crippen molar-refractivity contribution >= 4 is 23.3 Å². The van der Waals surface area contributed by atoms with E-state index >= 15 is 0 Å². The minimum Gasteiger partial charge on any atom is -0.482 e. The molecule has 0 aliphatic heterocycles. The zero-order valence-electron chi connectivity index (χ0n) is 13.8. The quantitative estimate of drug-likeness (QED) is 0.604. The highest BCUT2D eigenvalue weighted by Gasteiger charge is 2.10. The molecule has 0 unspecified atom stereocenters. The van der Waals surface area contributed by atoms with Gasteiger partial charge in [0.05, 0.1) is 0 Å². The van der Waals surface area contributed by atoms with Crippen molar-refractivity contribution in [2.24, 2.45) is 0 Å². The van der Waals surface area contributed by atoms with E-state index in [1.807, 2.05) is 0 Å². The summed E-state index contributed by atoms with van der Waals surface area (Å²) in [7, 11) is 0. The Morgan fingerprint density at radius 3 is 2.27 bits per heavy atom. The van der Waals surface area contributed by atoms with Crippen LogP contribution in [-0.4, -0.2) is 30.9 Å². The fourth-order valence-electron chi connectivity index (χ4n) is 1.89. The van der Waals surface area contributed by atoms with E-state index in [-0.39, 0.29) is 11.5 Å². The van der Waals surface area contributed by atoms with Gasteiger partial charge in [0.15, 0.2) is 30.6 Å². The minimum absolute atomic E-state index is 0.0340. The zero-order chi connectivity index (χ0) is 19.1. The van der Waals surface area contributed by atoms with Crippen LogP contribution in [0.4, 0.5) is 14.5 Å². The maximum absolute atomic E-state index is 13.0. The monoisotopic (exact) mass is 363 g/mol. The van der Waals surface area contributed by atoms with E-state index in [2.05, 4.69) is 5.32 Å². The van der Waals surface area contributed by atoms with Gasteiger partial charge in [-0.15, -0.1) is 0 Å². The van der Waals surface area contributed by atoms with Crippen molar-refractivity contribution in [1.29, 1.82) is 0 Å². The number of ketones is 1. The predicted octanol–water partition coefficient (Wildman–Crippen LogP) is 2.73. The number of hydrogen-bond donors (Lipinski definition) is 1. The summed E-state index contributed by atoms with van der Waals surface area (Å²) in [6.07, 6.45) is 0. The second kappa shape index (κ2) is 8.70. The van der Waals surface area contributed by atoms with Crippen LogP contribution in [-0.2, 0) is 14.3 Å². The number of Topliss-reactive ketones (excluding diaryl/α,β-unsaturated/α-hetero) is 1. The number of anilines is 1. The fourth-order valence-corrected chi connectivity index (χ4v) is 1.89. The Kier molecular flexibility index (Phi) is 6.37. The lowest BCUT2D eigenvalue weighted by molar-refractivity contribution is -0.149. The average Bonchev–Trinajstić information content (AvgIpc) is 2.61. The maximum atomic E-state index is 13.0. The fraction of sp³-hybridized carbons (Fsp3) is 0.167. The van der Waals surface area contributed by atoms with E-state index in [4.69, 9.17) is 9.47 Å². The highest BCUT2D eigenvalue weighted by Crippen LogP contribution is 2.13. The van der Waals surface area contributed by atoms with Crippen LogP contribution in [0.25, 0.3) is 0 Å². The highest BCUT2D eigenvalue weighted by atomic mass is 19.2. The summed E-state index contributed by atoms with van der Waals surface area (Å²) in [6.45, 7) is 0.390. The Bertz CT molecular complexity index is 821. The SMILES string of the molecule is CC(=O)c1ccc(OCC(=O)OCC(=O)Nc2ccc(F)c(F)c2)cc1.